The van der Waals surface area contributed by atoms with E-state index in [9.17, 15) is 22.8 Å². The Hall–Kier alpha value is -2.60. The average Bonchev–Trinajstić information content (AvgIpc) is 2.36. The van der Waals surface area contributed by atoms with Crippen molar-refractivity contribution in [3.63, 3.8) is 0 Å². The fraction of sp³-hybridized carbons (Fsp3) is 0.250. The molecule has 0 spiro atoms. The maximum absolute atomic E-state index is 12.7. The van der Waals surface area contributed by atoms with Crippen LogP contribution in [0.1, 0.15) is 17.5 Å². The van der Waals surface area contributed by atoms with Gasteiger partial charge in [-0.3, -0.25) is 9.59 Å². The molecule has 0 aromatic heterocycles. The molecule has 0 aliphatic heterocycles. The van der Waals surface area contributed by atoms with E-state index in [0.717, 1.165) is 12.1 Å². The van der Waals surface area contributed by atoms with Crippen LogP contribution >= 0.6 is 0 Å². The van der Waals surface area contributed by atoms with E-state index in [0.29, 0.717) is 6.07 Å². The minimum Gasteiger partial charge on any atom is -0.481 e. The minimum absolute atomic E-state index is 0.229. The molecule has 9 heteroatoms. The lowest BCUT2D eigenvalue weighted by molar-refractivity contribution is -0.139. The number of halogens is 3. The van der Waals surface area contributed by atoms with Crippen molar-refractivity contribution in [1.29, 1.82) is 5.26 Å². The first-order valence-corrected chi connectivity index (χ1v) is 5.54. The summed E-state index contributed by atoms with van der Waals surface area (Å²) in [6.07, 6.45) is -5.41. The highest BCUT2D eigenvalue weighted by molar-refractivity contribution is 5.96. The zero-order valence-electron chi connectivity index (χ0n) is 10.4. The number of nitrogens with two attached hydrogens (primary N) is 1. The van der Waals surface area contributed by atoms with Gasteiger partial charge in [-0.1, -0.05) is 0 Å². The predicted molar refractivity (Wildman–Crippen MR) is 65.0 cm³/mol. The number of carboxylic acid groups (broad SMARTS) is 1. The number of carboxylic acids is 1. The first kappa shape index (κ1) is 16.5. The number of anilines is 1. The standard InChI is InChI=1S/C12H10F3N3O3/c13-12(14,15)8-3-7(2-1-6(8)5-16)18-11(21)9(17)4-10(19)20/h1-3,9H,4,17H2,(H,18,21)(H,19,20). The molecule has 1 aromatic rings. The zero-order valence-corrected chi connectivity index (χ0v) is 10.4. The Morgan fingerprint density at radius 2 is 2.05 bits per heavy atom. The molecule has 1 unspecified atom stereocenters. The molecular formula is C12H10F3N3O3. The summed E-state index contributed by atoms with van der Waals surface area (Å²) in [5, 5.41) is 19.2. The van der Waals surface area contributed by atoms with Crippen LogP contribution in [0.5, 0.6) is 0 Å². The number of amides is 1. The highest BCUT2D eigenvalue weighted by atomic mass is 19.4. The third kappa shape index (κ3) is 4.47. The van der Waals surface area contributed by atoms with E-state index in [4.69, 9.17) is 16.1 Å². The Morgan fingerprint density at radius 1 is 1.43 bits per heavy atom. The molecule has 4 N–H and O–H groups in total. The van der Waals surface area contributed by atoms with E-state index < -0.39 is 41.6 Å². The molecule has 1 rings (SSSR count). The summed E-state index contributed by atoms with van der Waals surface area (Å²) < 4.78 is 38.2. The van der Waals surface area contributed by atoms with Crippen LogP contribution in [-0.4, -0.2) is 23.0 Å². The first-order valence-electron chi connectivity index (χ1n) is 5.54. The Labute approximate surface area is 117 Å². The van der Waals surface area contributed by atoms with Crippen LogP contribution in [0.3, 0.4) is 0 Å². The number of carbonyl (C=O) groups is 2. The van der Waals surface area contributed by atoms with Crippen molar-refractivity contribution in [1.82, 2.24) is 0 Å². The highest BCUT2D eigenvalue weighted by Gasteiger charge is 2.34. The van der Waals surface area contributed by atoms with Gasteiger partial charge in [0.25, 0.3) is 0 Å². The van der Waals surface area contributed by atoms with Crippen molar-refractivity contribution in [2.45, 2.75) is 18.6 Å². The summed E-state index contributed by atoms with van der Waals surface area (Å²) in [6, 6.07) is 2.59. The van der Waals surface area contributed by atoms with Crippen LogP contribution in [0, 0.1) is 11.3 Å². The number of benzene rings is 1. The molecule has 1 atom stereocenters. The number of alkyl halides is 3. The second-order valence-corrected chi connectivity index (χ2v) is 4.06. The Balaban J connectivity index is 2.98. The Kier molecular flexibility index (Phi) is 4.88. The minimum atomic E-state index is -4.75. The summed E-state index contributed by atoms with van der Waals surface area (Å²) in [5.74, 6) is -2.25. The molecule has 6 nitrogen and oxygen atoms in total. The van der Waals surface area contributed by atoms with E-state index in [1.54, 1.807) is 0 Å². The van der Waals surface area contributed by atoms with Crippen LogP contribution < -0.4 is 11.1 Å². The van der Waals surface area contributed by atoms with Crippen molar-refractivity contribution >= 4 is 17.6 Å². The van der Waals surface area contributed by atoms with Gasteiger partial charge in [0.15, 0.2) is 0 Å². The molecule has 0 bridgehead atoms. The molecule has 0 fully saturated rings. The number of nitrogens with one attached hydrogen (secondary N) is 1. The predicted octanol–water partition coefficient (Wildman–Crippen LogP) is 1.32. The number of rotatable bonds is 4. The normalized spacial score (nSPS) is 12.3. The molecule has 1 amide bonds. The van der Waals surface area contributed by atoms with Crippen molar-refractivity contribution in [3.8, 4) is 6.07 Å². The number of hydrogen-bond acceptors (Lipinski definition) is 4. The summed E-state index contributed by atoms with van der Waals surface area (Å²) in [5.41, 5.74) is 3.26. The zero-order chi connectivity index (χ0) is 16.2. The quantitative estimate of drug-likeness (QED) is 0.775. The van der Waals surface area contributed by atoms with Crippen LogP contribution in [0.25, 0.3) is 0 Å². The molecule has 0 aliphatic carbocycles. The third-order valence-corrected chi connectivity index (χ3v) is 2.44. The molecule has 0 heterocycles. The lowest BCUT2D eigenvalue weighted by atomic mass is 10.1. The van der Waals surface area contributed by atoms with E-state index in [1.165, 1.54) is 6.07 Å². The second-order valence-electron chi connectivity index (χ2n) is 4.06. The van der Waals surface area contributed by atoms with Crippen LogP contribution in [-0.2, 0) is 15.8 Å². The smallest absolute Gasteiger partial charge is 0.417 e. The van der Waals surface area contributed by atoms with Gasteiger partial charge in [-0.05, 0) is 18.2 Å². The van der Waals surface area contributed by atoms with Gasteiger partial charge in [0, 0.05) is 5.69 Å². The molecule has 0 saturated carbocycles. The Bertz CT molecular complexity index is 608. The highest BCUT2D eigenvalue weighted by Crippen LogP contribution is 2.33. The van der Waals surface area contributed by atoms with Crippen molar-refractivity contribution in [3.05, 3.63) is 29.3 Å². The molecule has 1 aromatic carbocycles. The Morgan fingerprint density at radius 3 is 2.52 bits per heavy atom. The molecule has 21 heavy (non-hydrogen) atoms. The molecule has 0 radical (unpaired) electrons. The number of aliphatic carboxylic acids is 1. The number of carbonyl (C=O) groups excluding carboxylic acids is 1. The van der Waals surface area contributed by atoms with E-state index in [-0.39, 0.29) is 5.69 Å². The largest absolute Gasteiger partial charge is 0.481 e. The van der Waals surface area contributed by atoms with Gasteiger partial charge in [-0.2, -0.15) is 18.4 Å². The number of nitrogens with zero attached hydrogens (tertiary/aromatic N) is 1. The van der Waals surface area contributed by atoms with Crippen LogP contribution in [0.4, 0.5) is 18.9 Å². The van der Waals surface area contributed by atoms with Crippen LogP contribution in [0.2, 0.25) is 0 Å². The topological polar surface area (TPSA) is 116 Å². The number of nitriles is 1. The van der Waals surface area contributed by atoms with Gasteiger partial charge in [0.2, 0.25) is 5.91 Å². The van der Waals surface area contributed by atoms with Gasteiger partial charge in [0.1, 0.15) is 0 Å². The maximum Gasteiger partial charge on any atom is 0.417 e. The summed E-state index contributed by atoms with van der Waals surface area (Å²) >= 11 is 0. The lowest BCUT2D eigenvalue weighted by Gasteiger charge is -2.13. The molecule has 0 aliphatic rings. The summed E-state index contributed by atoms with van der Waals surface area (Å²) in [7, 11) is 0. The maximum atomic E-state index is 12.7. The SMILES string of the molecule is N#Cc1ccc(NC(=O)C(N)CC(=O)O)cc1C(F)(F)F. The van der Waals surface area contributed by atoms with E-state index in [1.807, 2.05) is 0 Å². The van der Waals surface area contributed by atoms with E-state index in [2.05, 4.69) is 5.32 Å². The van der Waals surface area contributed by atoms with E-state index >= 15 is 0 Å². The number of hydrogen-bond donors (Lipinski definition) is 3. The fourth-order valence-electron chi connectivity index (χ4n) is 1.47. The third-order valence-electron chi connectivity index (χ3n) is 2.44. The summed E-state index contributed by atoms with van der Waals surface area (Å²) in [6.45, 7) is 0. The summed E-state index contributed by atoms with van der Waals surface area (Å²) in [4.78, 5) is 21.9. The fourth-order valence-corrected chi connectivity index (χ4v) is 1.47. The van der Waals surface area contributed by atoms with Gasteiger partial charge >= 0.3 is 12.1 Å². The monoisotopic (exact) mass is 301 g/mol. The van der Waals surface area contributed by atoms with Crippen molar-refractivity contribution in [2.75, 3.05) is 5.32 Å². The van der Waals surface area contributed by atoms with Crippen molar-refractivity contribution in [2.24, 2.45) is 5.73 Å². The van der Waals surface area contributed by atoms with Crippen LogP contribution in [0.15, 0.2) is 18.2 Å². The average molecular weight is 301 g/mol. The second kappa shape index (κ2) is 6.23. The first-order chi connectivity index (χ1) is 9.65. The van der Waals surface area contributed by atoms with Gasteiger partial charge in [-0.15, -0.1) is 0 Å². The van der Waals surface area contributed by atoms with Gasteiger partial charge < -0.3 is 16.2 Å². The van der Waals surface area contributed by atoms with Gasteiger partial charge in [0.05, 0.1) is 29.7 Å². The molecule has 112 valence electrons. The molecule has 0 saturated heterocycles. The lowest BCUT2D eigenvalue weighted by Crippen LogP contribution is -2.37. The molecular weight excluding hydrogens is 291 g/mol. The van der Waals surface area contributed by atoms with Crippen molar-refractivity contribution < 1.29 is 27.9 Å². The van der Waals surface area contributed by atoms with Gasteiger partial charge in [-0.25, -0.2) is 0 Å².